The highest BCUT2D eigenvalue weighted by Crippen LogP contribution is 2.32. The van der Waals surface area contributed by atoms with Gasteiger partial charge in [-0.3, -0.25) is 9.48 Å². The number of pyridine rings is 1. The van der Waals surface area contributed by atoms with E-state index in [9.17, 15) is 9.59 Å². The summed E-state index contributed by atoms with van der Waals surface area (Å²) in [6.45, 7) is 5.58. The van der Waals surface area contributed by atoms with Gasteiger partial charge in [0, 0.05) is 24.4 Å². The summed E-state index contributed by atoms with van der Waals surface area (Å²) in [5, 5.41) is 8.15. The van der Waals surface area contributed by atoms with Crippen LogP contribution in [0.2, 0.25) is 5.15 Å². The lowest BCUT2D eigenvalue weighted by Crippen LogP contribution is -2.15. The quantitative estimate of drug-likeness (QED) is 0.332. The Morgan fingerprint density at radius 2 is 2.03 bits per heavy atom. The minimum Gasteiger partial charge on any atom is -0.464 e. The van der Waals surface area contributed by atoms with Crippen LogP contribution >= 0.6 is 11.6 Å². The number of benzene rings is 1. The van der Waals surface area contributed by atoms with E-state index in [1.54, 1.807) is 43.2 Å². The highest BCUT2D eigenvalue weighted by atomic mass is 35.5. The van der Waals surface area contributed by atoms with Crippen molar-refractivity contribution in [1.82, 2.24) is 14.8 Å². The number of carbonyl (C=O) groups is 1. The third kappa shape index (κ3) is 4.21. The van der Waals surface area contributed by atoms with Gasteiger partial charge in [0.2, 0.25) is 0 Å². The van der Waals surface area contributed by atoms with Gasteiger partial charge in [0.25, 0.3) is 0 Å². The number of nitrogens with zero attached hydrogens (tertiary/aromatic N) is 3. The molecule has 0 unspecified atom stereocenters. The lowest BCUT2D eigenvalue weighted by atomic mass is 9.99. The predicted molar refractivity (Wildman–Crippen MR) is 127 cm³/mol. The van der Waals surface area contributed by atoms with Crippen LogP contribution in [0.4, 0.5) is 5.69 Å². The van der Waals surface area contributed by atoms with Crippen molar-refractivity contribution in [3.05, 3.63) is 74.4 Å². The van der Waals surface area contributed by atoms with Crippen molar-refractivity contribution in [2.75, 3.05) is 12.4 Å². The van der Waals surface area contributed by atoms with Gasteiger partial charge in [-0.15, -0.1) is 0 Å². The first kappa shape index (κ1) is 22.5. The summed E-state index contributed by atoms with van der Waals surface area (Å²) in [5.74, 6) is -0.136. The summed E-state index contributed by atoms with van der Waals surface area (Å²) in [6, 6.07) is 6.68. The number of rotatable bonds is 5. The maximum absolute atomic E-state index is 13.2. The smallest absolute Gasteiger partial charge is 0.358 e. The molecule has 0 radical (unpaired) electrons. The summed E-state index contributed by atoms with van der Waals surface area (Å²) in [6.07, 6.45) is 3.46. The van der Waals surface area contributed by atoms with Gasteiger partial charge in [-0.1, -0.05) is 17.7 Å². The van der Waals surface area contributed by atoms with Crippen molar-refractivity contribution in [1.29, 1.82) is 0 Å². The van der Waals surface area contributed by atoms with Gasteiger partial charge in [-0.05, 0) is 44.5 Å². The number of esters is 1. The average molecular weight is 467 g/mol. The molecule has 0 aliphatic carbocycles. The molecule has 3 aromatic heterocycles. The second kappa shape index (κ2) is 8.71. The van der Waals surface area contributed by atoms with Crippen LogP contribution in [0.5, 0.6) is 0 Å². The molecule has 4 aromatic rings. The Bertz CT molecular complexity index is 1440. The topological polar surface area (TPSA) is 99.2 Å². The average Bonchev–Trinajstić information content (AvgIpc) is 3.22. The Morgan fingerprint density at radius 1 is 1.27 bits per heavy atom. The van der Waals surface area contributed by atoms with Gasteiger partial charge >= 0.3 is 5.97 Å². The SMILES string of the molecule is COC(=O)c1nc(Cl)ccc1N[C@H](C)c1cc(C)cc2c(=O)c(C)c(-c3cnn(C)c3)oc12. The molecule has 8 nitrogen and oxygen atoms in total. The van der Waals surface area contributed by atoms with E-state index >= 15 is 0 Å². The zero-order valence-corrected chi connectivity index (χ0v) is 19.6. The van der Waals surface area contributed by atoms with E-state index in [2.05, 4.69) is 15.4 Å². The third-order valence-corrected chi connectivity index (χ3v) is 5.65. The minimum absolute atomic E-state index is 0.0714. The fourth-order valence-corrected chi connectivity index (χ4v) is 3.97. The zero-order valence-electron chi connectivity index (χ0n) is 18.9. The van der Waals surface area contributed by atoms with E-state index in [0.29, 0.717) is 28.0 Å². The van der Waals surface area contributed by atoms with Crippen molar-refractivity contribution in [3.63, 3.8) is 0 Å². The normalized spacial score (nSPS) is 12.1. The Hall–Kier alpha value is -3.65. The molecule has 0 fully saturated rings. The van der Waals surface area contributed by atoms with E-state index < -0.39 is 5.97 Å². The number of methoxy groups -OCH3 is 1. The fourth-order valence-electron chi connectivity index (χ4n) is 3.82. The van der Waals surface area contributed by atoms with Crippen molar-refractivity contribution in [3.8, 4) is 11.3 Å². The van der Waals surface area contributed by atoms with Gasteiger partial charge < -0.3 is 14.5 Å². The standard InChI is InChI=1S/C24H23ClN4O4/c1-12-8-16(14(3)27-18-6-7-19(25)28-20(18)24(31)32-5)23-17(9-12)21(30)13(2)22(33-23)15-10-26-29(4)11-15/h6-11,14,27H,1-5H3/t14-/m1/s1. The molecule has 0 saturated carbocycles. The summed E-state index contributed by atoms with van der Waals surface area (Å²) in [4.78, 5) is 29.5. The van der Waals surface area contributed by atoms with Gasteiger partial charge in [0.05, 0.1) is 36.0 Å². The van der Waals surface area contributed by atoms with E-state index in [1.165, 1.54) is 7.11 Å². The summed E-state index contributed by atoms with van der Waals surface area (Å²) < 4.78 is 12.8. The van der Waals surface area contributed by atoms with Crippen LogP contribution < -0.4 is 10.7 Å². The molecule has 3 heterocycles. The Morgan fingerprint density at radius 3 is 2.70 bits per heavy atom. The number of aryl methyl sites for hydroxylation is 2. The molecule has 0 amide bonds. The number of hydrogen-bond donors (Lipinski definition) is 1. The molecule has 9 heteroatoms. The molecular weight excluding hydrogens is 444 g/mol. The number of ether oxygens (including phenoxy) is 1. The van der Waals surface area contributed by atoms with E-state index in [0.717, 1.165) is 16.7 Å². The van der Waals surface area contributed by atoms with Crippen molar-refractivity contribution >= 4 is 34.2 Å². The molecule has 0 bridgehead atoms. The largest absolute Gasteiger partial charge is 0.464 e. The van der Waals surface area contributed by atoms with Crippen LogP contribution in [-0.2, 0) is 11.8 Å². The molecule has 0 aliphatic rings. The fraction of sp³-hybridized carbons (Fsp3) is 0.250. The Kier molecular flexibility index (Phi) is 5.95. The number of hydrogen-bond acceptors (Lipinski definition) is 7. The summed E-state index contributed by atoms with van der Waals surface area (Å²) in [5.41, 5.74) is 3.80. The lowest BCUT2D eigenvalue weighted by molar-refractivity contribution is 0.0595. The number of fused-ring (bicyclic) bond motifs is 1. The first-order valence-electron chi connectivity index (χ1n) is 10.3. The second-order valence-corrected chi connectivity index (χ2v) is 8.29. The molecule has 33 heavy (non-hydrogen) atoms. The highest BCUT2D eigenvalue weighted by molar-refractivity contribution is 6.29. The first-order chi connectivity index (χ1) is 15.7. The maximum atomic E-state index is 13.2. The number of carbonyl (C=O) groups excluding carboxylic acids is 1. The molecule has 170 valence electrons. The van der Waals surface area contributed by atoms with Gasteiger partial charge in [-0.2, -0.15) is 5.10 Å². The lowest BCUT2D eigenvalue weighted by Gasteiger charge is -2.19. The monoisotopic (exact) mass is 466 g/mol. The van der Waals surface area contributed by atoms with Crippen LogP contribution in [0.25, 0.3) is 22.3 Å². The van der Waals surface area contributed by atoms with Gasteiger partial charge in [0.15, 0.2) is 11.1 Å². The van der Waals surface area contributed by atoms with Crippen molar-refractivity contribution in [2.45, 2.75) is 26.8 Å². The third-order valence-electron chi connectivity index (χ3n) is 5.44. The summed E-state index contributed by atoms with van der Waals surface area (Å²) >= 11 is 5.98. The van der Waals surface area contributed by atoms with Gasteiger partial charge in [-0.25, -0.2) is 9.78 Å². The van der Waals surface area contributed by atoms with Gasteiger partial charge in [0.1, 0.15) is 16.5 Å². The number of aromatic nitrogens is 3. The minimum atomic E-state index is -0.609. The van der Waals surface area contributed by atoms with Crippen molar-refractivity contribution in [2.24, 2.45) is 7.05 Å². The Balaban J connectivity index is 1.87. The molecule has 0 saturated heterocycles. The first-order valence-corrected chi connectivity index (χ1v) is 10.7. The van der Waals surface area contributed by atoms with Crippen LogP contribution in [0.3, 0.4) is 0 Å². The molecular formula is C24H23ClN4O4. The highest BCUT2D eigenvalue weighted by Gasteiger charge is 2.21. The summed E-state index contributed by atoms with van der Waals surface area (Å²) in [7, 11) is 3.08. The maximum Gasteiger partial charge on any atom is 0.358 e. The number of anilines is 1. The number of halogens is 1. The molecule has 1 atom stereocenters. The second-order valence-electron chi connectivity index (χ2n) is 7.91. The van der Waals surface area contributed by atoms with Crippen LogP contribution in [-0.4, -0.2) is 27.8 Å². The predicted octanol–water partition coefficient (Wildman–Crippen LogP) is 4.82. The molecule has 0 spiro atoms. The van der Waals surface area contributed by atoms with E-state index in [1.807, 2.05) is 26.0 Å². The molecule has 1 aromatic carbocycles. The van der Waals surface area contributed by atoms with E-state index in [4.69, 9.17) is 20.8 Å². The number of nitrogens with one attached hydrogen (secondary N) is 1. The van der Waals surface area contributed by atoms with Crippen LogP contribution in [0, 0.1) is 13.8 Å². The zero-order chi connectivity index (χ0) is 23.9. The van der Waals surface area contributed by atoms with E-state index in [-0.39, 0.29) is 22.3 Å². The molecule has 1 N–H and O–H groups in total. The molecule has 0 aliphatic heterocycles. The van der Waals surface area contributed by atoms with Crippen LogP contribution in [0.15, 0.2) is 45.9 Å². The van der Waals surface area contributed by atoms with Crippen molar-refractivity contribution < 1.29 is 13.9 Å². The van der Waals surface area contributed by atoms with Crippen LogP contribution in [0.1, 0.15) is 40.1 Å². The molecule has 4 rings (SSSR count). The Labute approximate surface area is 195 Å².